The second-order valence-electron chi connectivity index (χ2n) is 4.60. The molecule has 0 saturated heterocycles. The predicted octanol–water partition coefficient (Wildman–Crippen LogP) is 1.74. The van der Waals surface area contributed by atoms with E-state index in [4.69, 9.17) is 17.3 Å². The Labute approximate surface area is 106 Å². The largest absolute Gasteiger partial charge is 0.356 e. The number of hydrogen-bond acceptors (Lipinski definition) is 2. The van der Waals surface area contributed by atoms with Crippen LogP contribution in [-0.4, -0.2) is 18.5 Å². The first-order valence-electron chi connectivity index (χ1n) is 5.93. The number of nitrogens with two attached hydrogens (primary N) is 1. The molecule has 3 N–H and O–H groups in total. The van der Waals surface area contributed by atoms with E-state index in [-0.39, 0.29) is 17.9 Å². The number of nitrogens with one attached hydrogen (secondary N) is 1. The Kier molecular flexibility index (Phi) is 4.02. The van der Waals surface area contributed by atoms with Gasteiger partial charge in [0, 0.05) is 23.5 Å². The van der Waals surface area contributed by atoms with Crippen LogP contribution in [0.3, 0.4) is 0 Å². The molecule has 1 fully saturated rings. The monoisotopic (exact) mass is 252 g/mol. The predicted molar refractivity (Wildman–Crippen MR) is 68.9 cm³/mol. The Hall–Kier alpha value is -1.06. The van der Waals surface area contributed by atoms with Crippen molar-refractivity contribution in [1.82, 2.24) is 5.32 Å². The molecule has 1 amide bonds. The van der Waals surface area contributed by atoms with Crippen molar-refractivity contribution in [2.75, 3.05) is 6.54 Å². The van der Waals surface area contributed by atoms with Crippen molar-refractivity contribution in [3.63, 3.8) is 0 Å². The maximum Gasteiger partial charge on any atom is 0.223 e. The summed E-state index contributed by atoms with van der Waals surface area (Å²) in [6, 6.07) is 7.91. The minimum absolute atomic E-state index is 0.134. The molecule has 0 atom stereocenters. The minimum Gasteiger partial charge on any atom is -0.356 e. The van der Waals surface area contributed by atoms with Crippen LogP contribution >= 0.6 is 11.6 Å². The Morgan fingerprint density at radius 2 is 2.00 bits per heavy atom. The van der Waals surface area contributed by atoms with Gasteiger partial charge in [-0.2, -0.15) is 0 Å². The second kappa shape index (κ2) is 5.52. The van der Waals surface area contributed by atoms with Gasteiger partial charge in [-0.3, -0.25) is 4.79 Å². The van der Waals surface area contributed by atoms with Crippen molar-refractivity contribution in [2.24, 2.45) is 11.7 Å². The van der Waals surface area contributed by atoms with Gasteiger partial charge in [0.15, 0.2) is 0 Å². The van der Waals surface area contributed by atoms with Crippen LogP contribution in [0.4, 0.5) is 0 Å². The highest BCUT2D eigenvalue weighted by atomic mass is 35.5. The SMILES string of the molecule is NC1CC(C(=O)NCCc2ccc(Cl)cc2)C1. The molecule has 0 aromatic heterocycles. The third kappa shape index (κ3) is 3.45. The standard InChI is InChI=1S/C13H17ClN2O/c14-11-3-1-9(2-4-11)5-6-16-13(17)10-7-12(15)8-10/h1-4,10,12H,5-8,15H2,(H,16,17). The van der Waals surface area contributed by atoms with E-state index in [9.17, 15) is 4.79 Å². The van der Waals surface area contributed by atoms with Crippen LogP contribution in [0.1, 0.15) is 18.4 Å². The molecule has 1 saturated carbocycles. The number of carbonyl (C=O) groups excluding carboxylic acids is 1. The molecule has 0 spiro atoms. The van der Waals surface area contributed by atoms with E-state index in [1.165, 1.54) is 5.56 Å². The summed E-state index contributed by atoms with van der Waals surface area (Å²) in [5.41, 5.74) is 6.83. The van der Waals surface area contributed by atoms with Crippen LogP contribution in [0.5, 0.6) is 0 Å². The Morgan fingerprint density at radius 3 is 2.59 bits per heavy atom. The van der Waals surface area contributed by atoms with Gasteiger partial charge in [-0.05, 0) is 37.0 Å². The van der Waals surface area contributed by atoms with E-state index in [1.807, 2.05) is 24.3 Å². The van der Waals surface area contributed by atoms with Crippen molar-refractivity contribution in [2.45, 2.75) is 25.3 Å². The summed E-state index contributed by atoms with van der Waals surface area (Å²) in [7, 11) is 0. The van der Waals surface area contributed by atoms with Gasteiger partial charge in [0.2, 0.25) is 5.91 Å². The number of carbonyl (C=O) groups is 1. The fraction of sp³-hybridized carbons (Fsp3) is 0.462. The zero-order valence-corrected chi connectivity index (χ0v) is 10.4. The van der Waals surface area contributed by atoms with Gasteiger partial charge in [0.1, 0.15) is 0 Å². The third-order valence-electron chi connectivity index (χ3n) is 3.17. The fourth-order valence-corrected chi connectivity index (χ4v) is 2.13. The number of hydrogen-bond donors (Lipinski definition) is 2. The van der Waals surface area contributed by atoms with Gasteiger partial charge in [-0.15, -0.1) is 0 Å². The van der Waals surface area contributed by atoms with Crippen LogP contribution in [0.2, 0.25) is 5.02 Å². The van der Waals surface area contributed by atoms with Gasteiger partial charge in [-0.1, -0.05) is 23.7 Å². The summed E-state index contributed by atoms with van der Waals surface area (Å²) < 4.78 is 0. The zero-order valence-electron chi connectivity index (χ0n) is 9.66. The van der Waals surface area contributed by atoms with Crippen LogP contribution in [0, 0.1) is 5.92 Å². The summed E-state index contributed by atoms with van der Waals surface area (Å²) in [6.07, 6.45) is 2.49. The molecule has 4 heteroatoms. The first-order chi connectivity index (χ1) is 8.15. The highest BCUT2D eigenvalue weighted by Crippen LogP contribution is 2.25. The average Bonchev–Trinajstić information content (AvgIpc) is 2.27. The minimum atomic E-state index is 0.134. The molecule has 1 aromatic rings. The zero-order chi connectivity index (χ0) is 12.3. The summed E-state index contributed by atoms with van der Waals surface area (Å²) in [5.74, 6) is 0.274. The second-order valence-corrected chi connectivity index (χ2v) is 5.03. The van der Waals surface area contributed by atoms with Crippen molar-refractivity contribution >= 4 is 17.5 Å². The highest BCUT2D eigenvalue weighted by Gasteiger charge is 2.31. The molecule has 0 aliphatic heterocycles. The van der Waals surface area contributed by atoms with Crippen LogP contribution in [-0.2, 0) is 11.2 Å². The lowest BCUT2D eigenvalue weighted by Gasteiger charge is -2.31. The third-order valence-corrected chi connectivity index (χ3v) is 3.42. The molecular weight excluding hydrogens is 236 g/mol. The van der Waals surface area contributed by atoms with Crippen molar-refractivity contribution in [3.05, 3.63) is 34.9 Å². The molecule has 2 rings (SSSR count). The lowest BCUT2D eigenvalue weighted by atomic mass is 9.80. The molecule has 0 bridgehead atoms. The lowest BCUT2D eigenvalue weighted by Crippen LogP contribution is -2.45. The quantitative estimate of drug-likeness (QED) is 0.858. The number of amides is 1. The number of rotatable bonds is 4. The van der Waals surface area contributed by atoms with Gasteiger partial charge in [0.25, 0.3) is 0 Å². The van der Waals surface area contributed by atoms with Crippen LogP contribution < -0.4 is 11.1 Å². The van der Waals surface area contributed by atoms with Crippen LogP contribution in [0.15, 0.2) is 24.3 Å². The summed E-state index contributed by atoms with van der Waals surface area (Å²) in [4.78, 5) is 11.6. The van der Waals surface area contributed by atoms with Gasteiger partial charge in [0.05, 0.1) is 0 Å². The average molecular weight is 253 g/mol. The van der Waals surface area contributed by atoms with Gasteiger partial charge >= 0.3 is 0 Å². The Morgan fingerprint density at radius 1 is 1.35 bits per heavy atom. The first-order valence-corrected chi connectivity index (χ1v) is 6.30. The number of halogens is 1. The molecular formula is C13H17ClN2O. The Balaban J connectivity index is 1.69. The van der Waals surface area contributed by atoms with Crippen molar-refractivity contribution in [3.8, 4) is 0 Å². The summed E-state index contributed by atoms with van der Waals surface area (Å²) in [5, 5.41) is 3.68. The summed E-state index contributed by atoms with van der Waals surface area (Å²) in [6.45, 7) is 0.673. The smallest absolute Gasteiger partial charge is 0.223 e. The first kappa shape index (κ1) is 12.4. The van der Waals surface area contributed by atoms with E-state index < -0.39 is 0 Å². The van der Waals surface area contributed by atoms with E-state index in [0.29, 0.717) is 6.54 Å². The molecule has 0 radical (unpaired) electrons. The lowest BCUT2D eigenvalue weighted by molar-refractivity contribution is -0.127. The highest BCUT2D eigenvalue weighted by molar-refractivity contribution is 6.30. The fourth-order valence-electron chi connectivity index (χ4n) is 2.00. The molecule has 1 aliphatic carbocycles. The van der Waals surface area contributed by atoms with Crippen molar-refractivity contribution in [1.29, 1.82) is 0 Å². The molecule has 17 heavy (non-hydrogen) atoms. The van der Waals surface area contributed by atoms with Gasteiger partial charge in [-0.25, -0.2) is 0 Å². The van der Waals surface area contributed by atoms with Crippen LogP contribution in [0.25, 0.3) is 0 Å². The normalized spacial score (nSPS) is 22.9. The maximum absolute atomic E-state index is 11.6. The molecule has 1 aliphatic rings. The van der Waals surface area contributed by atoms with E-state index >= 15 is 0 Å². The maximum atomic E-state index is 11.6. The van der Waals surface area contributed by atoms with Gasteiger partial charge < -0.3 is 11.1 Å². The summed E-state index contributed by atoms with van der Waals surface area (Å²) >= 11 is 5.80. The number of benzene rings is 1. The molecule has 0 unspecified atom stereocenters. The molecule has 1 aromatic carbocycles. The van der Waals surface area contributed by atoms with E-state index in [0.717, 1.165) is 24.3 Å². The van der Waals surface area contributed by atoms with E-state index in [1.54, 1.807) is 0 Å². The van der Waals surface area contributed by atoms with E-state index in [2.05, 4.69) is 5.32 Å². The Bertz CT molecular complexity index is 385. The molecule has 0 heterocycles. The molecule has 3 nitrogen and oxygen atoms in total. The van der Waals surface area contributed by atoms with Crippen molar-refractivity contribution < 1.29 is 4.79 Å². The topological polar surface area (TPSA) is 55.1 Å². The molecule has 92 valence electrons.